The number of nitrogens with one attached hydrogen (secondary N) is 2. The maximum atomic E-state index is 11.8. The normalized spacial score (nSPS) is 11.2. The smallest absolute Gasteiger partial charge is 0.282 e. The number of H-pyrrole nitrogens is 1. The zero-order chi connectivity index (χ0) is 15.4. The maximum absolute atomic E-state index is 11.8. The molecule has 0 bridgehead atoms. The number of carbonyl (C=O) groups excluding carboxylic acids is 1. The van der Waals surface area contributed by atoms with Crippen LogP contribution >= 0.6 is 0 Å². The van der Waals surface area contributed by atoms with Gasteiger partial charge in [0.15, 0.2) is 5.69 Å². The van der Waals surface area contributed by atoms with Crippen LogP contribution in [0.15, 0.2) is 35.4 Å². The molecule has 1 aromatic heterocycles. The summed E-state index contributed by atoms with van der Waals surface area (Å²) in [5, 5.41) is 21.1. The van der Waals surface area contributed by atoms with E-state index in [1.165, 1.54) is 12.1 Å². The molecule has 2 rings (SSSR count). The number of hydrogen-bond acceptors (Lipinski definition) is 5. The average Bonchev–Trinajstić information content (AvgIpc) is 2.91. The summed E-state index contributed by atoms with van der Waals surface area (Å²) in [6.07, 6.45) is 0. The summed E-state index contributed by atoms with van der Waals surface area (Å²) < 4.78 is 0. The van der Waals surface area contributed by atoms with Crippen molar-refractivity contribution in [1.29, 1.82) is 0 Å². The quantitative estimate of drug-likeness (QED) is 0.506. The molecule has 0 unspecified atom stereocenters. The van der Waals surface area contributed by atoms with E-state index in [-0.39, 0.29) is 11.4 Å². The number of carbonyl (C=O) groups is 1. The number of aromatic amines is 1. The molecule has 21 heavy (non-hydrogen) atoms. The van der Waals surface area contributed by atoms with E-state index < -0.39 is 10.8 Å². The molecule has 8 heteroatoms. The maximum Gasteiger partial charge on any atom is 0.291 e. The van der Waals surface area contributed by atoms with Crippen LogP contribution in [0.2, 0.25) is 0 Å². The molecule has 0 aliphatic heterocycles. The van der Waals surface area contributed by atoms with Crippen molar-refractivity contribution in [3.8, 4) is 0 Å². The van der Waals surface area contributed by atoms with Crippen molar-refractivity contribution in [3.63, 3.8) is 0 Å². The Bertz CT molecular complexity index is 720. The molecular formula is C13H13N5O3. The van der Waals surface area contributed by atoms with Gasteiger partial charge in [0.1, 0.15) is 0 Å². The standard InChI is InChI=1S/C13H13N5O3/c1-8-6-12(16-14-8)13(19)17-15-9(2)10-4-3-5-11(7-10)18(20)21/h3-7H,1-2H3,(H,14,16)(H,17,19). The van der Waals surface area contributed by atoms with Gasteiger partial charge in [0.25, 0.3) is 11.6 Å². The molecule has 1 aromatic carbocycles. The Morgan fingerprint density at radius 1 is 1.43 bits per heavy atom. The largest absolute Gasteiger partial charge is 0.291 e. The highest BCUT2D eigenvalue weighted by atomic mass is 16.6. The number of aromatic nitrogens is 2. The fourth-order valence-electron chi connectivity index (χ4n) is 1.64. The summed E-state index contributed by atoms with van der Waals surface area (Å²) in [6, 6.07) is 7.61. The molecule has 0 saturated heterocycles. The lowest BCUT2D eigenvalue weighted by Crippen LogP contribution is -2.19. The van der Waals surface area contributed by atoms with E-state index in [1.54, 1.807) is 32.0 Å². The number of nitrogens with zero attached hydrogens (tertiary/aromatic N) is 3. The van der Waals surface area contributed by atoms with Gasteiger partial charge in [-0.05, 0) is 19.9 Å². The number of benzene rings is 1. The summed E-state index contributed by atoms with van der Waals surface area (Å²) >= 11 is 0. The van der Waals surface area contributed by atoms with E-state index in [9.17, 15) is 14.9 Å². The van der Waals surface area contributed by atoms with E-state index in [0.29, 0.717) is 11.3 Å². The van der Waals surface area contributed by atoms with E-state index in [1.807, 2.05) is 0 Å². The van der Waals surface area contributed by atoms with Crippen molar-refractivity contribution in [1.82, 2.24) is 15.6 Å². The van der Waals surface area contributed by atoms with Crippen LogP contribution in [0.4, 0.5) is 5.69 Å². The number of amides is 1. The van der Waals surface area contributed by atoms with E-state index >= 15 is 0 Å². The van der Waals surface area contributed by atoms with Gasteiger partial charge in [-0.25, -0.2) is 5.43 Å². The highest BCUT2D eigenvalue weighted by Crippen LogP contribution is 2.13. The lowest BCUT2D eigenvalue weighted by molar-refractivity contribution is -0.384. The van der Waals surface area contributed by atoms with Gasteiger partial charge in [0, 0.05) is 23.4 Å². The Labute approximate surface area is 120 Å². The Balaban J connectivity index is 2.12. The first-order valence-corrected chi connectivity index (χ1v) is 6.09. The van der Waals surface area contributed by atoms with Crippen LogP contribution in [0.1, 0.15) is 28.7 Å². The van der Waals surface area contributed by atoms with Crippen molar-refractivity contribution in [3.05, 3.63) is 57.4 Å². The number of non-ortho nitro benzene ring substituents is 1. The molecule has 0 aliphatic rings. The Hall–Kier alpha value is -3.03. The number of hydrogen-bond donors (Lipinski definition) is 2. The minimum absolute atomic E-state index is 0.0312. The highest BCUT2D eigenvalue weighted by Gasteiger charge is 2.10. The van der Waals surface area contributed by atoms with Crippen molar-refractivity contribution >= 4 is 17.3 Å². The second-order valence-electron chi connectivity index (χ2n) is 4.38. The molecule has 0 aliphatic carbocycles. The van der Waals surface area contributed by atoms with Crippen molar-refractivity contribution in [2.24, 2.45) is 5.10 Å². The Morgan fingerprint density at radius 3 is 2.81 bits per heavy atom. The average molecular weight is 287 g/mol. The first kappa shape index (κ1) is 14.4. The summed E-state index contributed by atoms with van der Waals surface area (Å²) in [7, 11) is 0. The van der Waals surface area contributed by atoms with Crippen LogP contribution in [-0.4, -0.2) is 26.7 Å². The number of rotatable bonds is 4. The van der Waals surface area contributed by atoms with Crippen LogP contribution < -0.4 is 5.43 Å². The number of nitro benzene ring substituents is 1. The van der Waals surface area contributed by atoms with E-state index in [0.717, 1.165) is 5.69 Å². The third-order valence-electron chi connectivity index (χ3n) is 2.74. The molecule has 0 atom stereocenters. The van der Waals surface area contributed by atoms with Gasteiger partial charge in [-0.15, -0.1) is 0 Å². The molecule has 1 heterocycles. The third kappa shape index (κ3) is 3.50. The highest BCUT2D eigenvalue weighted by molar-refractivity contribution is 6.00. The fraction of sp³-hybridized carbons (Fsp3) is 0.154. The van der Waals surface area contributed by atoms with Crippen molar-refractivity contribution in [2.45, 2.75) is 13.8 Å². The molecule has 108 valence electrons. The molecule has 0 fully saturated rings. The number of hydrazone groups is 1. The number of nitro groups is 1. The zero-order valence-corrected chi connectivity index (χ0v) is 11.5. The lowest BCUT2D eigenvalue weighted by atomic mass is 10.1. The molecule has 2 aromatic rings. The van der Waals surface area contributed by atoms with Gasteiger partial charge in [-0.3, -0.25) is 20.0 Å². The third-order valence-corrected chi connectivity index (χ3v) is 2.74. The van der Waals surface area contributed by atoms with Gasteiger partial charge >= 0.3 is 0 Å². The first-order valence-electron chi connectivity index (χ1n) is 6.09. The lowest BCUT2D eigenvalue weighted by Gasteiger charge is -2.01. The predicted molar refractivity (Wildman–Crippen MR) is 76.1 cm³/mol. The van der Waals surface area contributed by atoms with Gasteiger partial charge in [-0.2, -0.15) is 10.2 Å². The molecular weight excluding hydrogens is 274 g/mol. The minimum Gasteiger partial charge on any atom is -0.282 e. The second kappa shape index (κ2) is 5.95. The Kier molecular flexibility index (Phi) is 4.07. The van der Waals surface area contributed by atoms with Crippen LogP contribution in [0.5, 0.6) is 0 Å². The van der Waals surface area contributed by atoms with Crippen molar-refractivity contribution in [2.75, 3.05) is 0 Å². The summed E-state index contributed by atoms with van der Waals surface area (Å²) in [4.78, 5) is 22.0. The summed E-state index contributed by atoms with van der Waals surface area (Å²) in [5.74, 6) is -0.455. The van der Waals surface area contributed by atoms with Gasteiger partial charge in [-0.1, -0.05) is 12.1 Å². The fourth-order valence-corrected chi connectivity index (χ4v) is 1.64. The predicted octanol–water partition coefficient (Wildman–Crippen LogP) is 1.78. The molecule has 0 radical (unpaired) electrons. The Morgan fingerprint density at radius 2 is 2.19 bits per heavy atom. The topological polar surface area (TPSA) is 113 Å². The monoisotopic (exact) mass is 287 g/mol. The second-order valence-corrected chi connectivity index (χ2v) is 4.38. The minimum atomic E-state index is -0.484. The van der Waals surface area contributed by atoms with Crippen molar-refractivity contribution < 1.29 is 9.72 Å². The summed E-state index contributed by atoms with van der Waals surface area (Å²) in [6.45, 7) is 3.43. The summed E-state index contributed by atoms with van der Waals surface area (Å²) in [5.41, 5.74) is 4.33. The molecule has 8 nitrogen and oxygen atoms in total. The number of aryl methyl sites for hydroxylation is 1. The van der Waals surface area contributed by atoms with Crippen LogP contribution in [-0.2, 0) is 0 Å². The molecule has 2 N–H and O–H groups in total. The van der Waals surface area contributed by atoms with Gasteiger partial charge in [0.2, 0.25) is 0 Å². The SMILES string of the molecule is CC(=NNC(=O)c1cc(C)[nH]n1)c1cccc([N+](=O)[O-])c1. The van der Waals surface area contributed by atoms with E-state index in [4.69, 9.17) is 0 Å². The van der Waals surface area contributed by atoms with Crippen LogP contribution in [0.25, 0.3) is 0 Å². The van der Waals surface area contributed by atoms with E-state index in [2.05, 4.69) is 20.7 Å². The first-order chi connectivity index (χ1) is 9.97. The van der Waals surface area contributed by atoms with Crippen LogP contribution in [0, 0.1) is 17.0 Å². The molecule has 0 spiro atoms. The zero-order valence-electron chi connectivity index (χ0n) is 11.5. The van der Waals surface area contributed by atoms with Gasteiger partial charge in [0.05, 0.1) is 10.6 Å². The van der Waals surface area contributed by atoms with Gasteiger partial charge < -0.3 is 0 Å². The molecule has 0 saturated carbocycles. The molecule has 1 amide bonds. The van der Waals surface area contributed by atoms with Crippen LogP contribution in [0.3, 0.4) is 0 Å².